The normalized spacial score (nSPS) is 21.6. The topological polar surface area (TPSA) is 32.8 Å². The number of carbonyl (C=O) groups is 1. The second kappa shape index (κ2) is 7.68. The molecule has 2 aliphatic rings. The molecule has 1 aliphatic carbocycles. The van der Waals surface area contributed by atoms with Gasteiger partial charge in [0, 0.05) is 37.7 Å². The lowest BCUT2D eigenvalue weighted by Gasteiger charge is -2.25. The first-order chi connectivity index (χ1) is 12.0. The molecule has 6 heteroatoms. The molecule has 1 amide bonds. The van der Waals surface area contributed by atoms with Crippen LogP contribution in [-0.4, -0.2) is 49.0 Å². The minimum Gasteiger partial charge on any atom is -0.496 e. The van der Waals surface area contributed by atoms with Crippen molar-refractivity contribution in [3.8, 4) is 5.75 Å². The molecule has 1 saturated carbocycles. The third kappa shape index (κ3) is 3.94. The van der Waals surface area contributed by atoms with Crippen molar-refractivity contribution in [2.45, 2.75) is 44.7 Å². The van der Waals surface area contributed by atoms with Crippen LogP contribution in [0, 0.1) is 17.6 Å². The summed E-state index contributed by atoms with van der Waals surface area (Å²) in [6.45, 7) is 1.70. The lowest BCUT2D eigenvalue weighted by Crippen LogP contribution is -2.35. The molecule has 138 valence electrons. The second-order valence-electron chi connectivity index (χ2n) is 7.29. The molecular formula is C19H26F2N2O2. The summed E-state index contributed by atoms with van der Waals surface area (Å²) in [7, 11) is 3.32. The maximum absolute atomic E-state index is 14.1. The van der Waals surface area contributed by atoms with E-state index in [1.54, 1.807) is 0 Å². The summed E-state index contributed by atoms with van der Waals surface area (Å²) in [6, 6.07) is 2.93. The quantitative estimate of drug-likeness (QED) is 0.788. The number of ether oxygens (including phenoxy) is 1. The summed E-state index contributed by atoms with van der Waals surface area (Å²) in [6.07, 6.45) is 5.18. The number of amides is 1. The Morgan fingerprint density at radius 3 is 2.68 bits per heavy atom. The predicted octanol–water partition coefficient (Wildman–Crippen LogP) is 3.20. The van der Waals surface area contributed by atoms with Crippen molar-refractivity contribution < 1.29 is 18.3 Å². The molecule has 1 heterocycles. The number of nitrogens with zero attached hydrogens (tertiary/aromatic N) is 2. The summed E-state index contributed by atoms with van der Waals surface area (Å²) in [5.74, 6) is -0.907. The summed E-state index contributed by atoms with van der Waals surface area (Å²) in [5.41, 5.74) is 0.224. The molecule has 1 aromatic carbocycles. The van der Waals surface area contributed by atoms with Gasteiger partial charge in [-0.15, -0.1) is 0 Å². The number of hydrogen-bond donors (Lipinski definition) is 0. The average Bonchev–Trinajstić information content (AvgIpc) is 3.21. The number of carbonyl (C=O) groups excluding carboxylic acids is 1. The third-order valence-electron chi connectivity index (χ3n) is 5.37. The Labute approximate surface area is 147 Å². The van der Waals surface area contributed by atoms with Crippen molar-refractivity contribution in [3.63, 3.8) is 0 Å². The molecular weight excluding hydrogens is 326 g/mol. The highest BCUT2D eigenvalue weighted by molar-refractivity contribution is 5.79. The minimum absolute atomic E-state index is 0.224. The number of likely N-dealkylation sites (tertiary alicyclic amines) is 1. The molecule has 0 aromatic heterocycles. The van der Waals surface area contributed by atoms with Crippen LogP contribution >= 0.6 is 0 Å². The summed E-state index contributed by atoms with van der Waals surface area (Å²) in [5, 5.41) is 0. The largest absolute Gasteiger partial charge is 0.496 e. The van der Waals surface area contributed by atoms with Gasteiger partial charge >= 0.3 is 0 Å². The van der Waals surface area contributed by atoms with Crippen LogP contribution in [0.2, 0.25) is 0 Å². The number of rotatable bonds is 6. The van der Waals surface area contributed by atoms with E-state index in [2.05, 4.69) is 0 Å². The fourth-order valence-corrected chi connectivity index (χ4v) is 4.19. The van der Waals surface area contributed by atoms with E-state index in [1.807, 2.05) is 16.8 Å². The lowest BCUT2D eigenvalue weighted by molar-refractivity contribution is -0.129. The molecule has 1 saturated heterocycles. The first-order valence-electron chi connectivity index (χ1n) is 8.98. The molecule has 1 aromatic rings. The van der Waals surface area contributed by atoms with Crippen LogP contribution in [0.25, 0.3) is 0 Å². The summed E-state index contributed by atoms with van der Waals surface area (Å²) in [4.78, 5) is 16.3. The van der Waals surface area contributed by atoms with Crippen molar-refractivity contribution in [3.05, 3.63) is 29.3 Å². The Hall–Kier alpha value is -1.69. The molecule has 25 heavy (non-hydrogen) atoms. The monoisotopic (exact) mass is 352 g/mol. The Morgan fingerprint density at radius 1 is 1.28 bits per heavy atom. The molecule has 0 radical (unpaired) electrons. The summed E-state index contributed by atoms with van der Waals surface area (Å²) < 4.78 is 32.8. The number of hydrogen-bond acceptors (Lipinski definition) is 3. The molecule has 0 N–H and O–H groups in total. The Balaban J connectivity index is 1.61. The van der Waals surface area contributed by atoms with Gasteiger partial charge in [0.05, 0.1) is 7.11 Å². The fourth-order valence-electron chi connectivity index (χ4n) is 4.19. The van der Waals surface area contributed by atoms with Gasteiger partial charge in [0.25, 0.3) is 0 Å². The van der Waals surface area contributed by atoms with Gasteiger partial charge in [-0.1, -0.05) is 12.8 Å². The second-order valence-corrected chi connectivity index (χ2v) is 7.29. The number of halogens is 2. The highest BCUT2D eigenvalue weighted by atomic mass is 19.2. The maximum atomic E-state index is 14.1. The molecule has 2 fully saturated rings. The van der Waals surface area contributed by atoms with Crippen molar-refractivity contribution in [2.24, 2.45) is 5.92 Å². The lowest BCUT2D eigenvalue weighted by atomic mass is 10.1. The zero-order valence-corrected chi connectivity index (χ0v) is 14.9. The zero-order valence-electron chi connectivity index (χ0n) is 14.9. The molecule has 3 rings (SSSR count). The van der Waals surface area contributed by atoms with Gasteiger partial charge in [0.2, 0.25) is 5.91 Å². The molecule has 1 aliphatic heterocycles. The van der Waals surface area contributed by atoms with E-state index in [-0.39, 0.29) is 23.9 Å². The van der Waals surface area contributed by atoms with Crippen LogP contribution in [0.5, 0.6) is 5.75 Å². The third-order valence-corrected chi connectivity index (χ3v) is 5.37. The Morgan fingerprint density at radius 2 is 2.00 bits per heavy atom. The van der Waals surface area contributed by atoms with Crippen LogP contribution in [0.3, 0.4) is 0 Å². The van der Waals surface area contributed by atoms with Crippen molar-refractivity contribution in [1.29, 1.82) is 0 Å². The van der Waals surface area contributed by atoms with Crippen LogP contribution in [-0.2, 0) is 11.3 Å². The van der Waals surface area contributed by atoms with Gasteiger partial charge in [0.15, 0.2) is 11.6 Å². The number of methoxy groups -OCH3 is 1. The van der Waals surface area contributed by atoms with Crippen molar-refractivity contribution in [2.75, 3.05) is 27.2 Å². The maximum Gasteiger partial charge on any atom is 0.223 e. The van der Waals surface area contributed by atoms with E-state index in [1.165, 1.54) is 26.0 Å². The molecule has 0 bridgehead atoms. The predicted molar refractivity (Wildman–Crippen MR) is 91.3 cm³/mol. The minimum atomic E-state index is -0.868. The van der Waals surface area contributed by atoms with E-state index < -0.39 is 11.6 Å². The SMILES string of the molecule is COc1ccc(F)c(F)c1CN(C)C[C@H]1CC(=O)N(C2CCCC2)C1. The van der Waals surface area contributed by atoms with Gasteiger partial charge in [-0.05, 0) is 37.9 Å². The van der Waals surface area contributed by atoms with E-state index in [0.29, 0.717) is 24.8 Å². The Bertz CT molecular complexity index is 632. The van der Waals surface area contributed by atoms with Crippen LogP contribution in [0.1, 0.15) is 37.7 Å². The average molecular weight is 352 g/mol. The molecule has 1 atom stereocenters. The van der Waals surface area contributed by atoms with Crippen LogP contribution in [0.15, 0.2) is 12.1 Å². The highest BCUT2D eigenvalue weighted by Gasteiger charge is 2.35. The standard InChI is InChI=1S/C19H26F2N2O2/c1-22(12-15-17(25-2)8-7-16(20)19(15)21)10-13-9-18(24)23(11-13)14-5-3-4-6-14/h7-8,13-14H,3-6,9-12H2,1-2H3/t13-/m1/s1. The van der Waals surface area contributed by atoms with Gasteiger partial charge in [-0.25, -0.2) is 8.78 Å². The number of benzene rings is 1. The van der Waals surface area contributed by atoms with Gasteiger partial charge in [-0.3, -0.25) is 4.79 Å². The fraction of sp³-hybridized carbons (Fsp3) is 0.632. The van der Waals surface area contributed by atoms with Crippen LogP contribution in [0.4, 0.5) is 8.78 Å². The molecule has 4 nitrogen and oxygen atoms in total. The first-order valence-corrected chi connectivity index (χ1v) is 8.98. The zero-order chi connectivity index (χ0) is 18.0. The van der Waals surface area contributed by atoms with Gasteiger partial charge in [0.1, 0.15) is 5.75 Å². The Kier molecular flexibility index (Phi) is 5.57. The highest BCUT2D eigenvalue weighted by Crippen LogP contribution is 2.30. The molecule has 0 unspecified atom stereocenters. The van der Waals surface area contributed by atoms with Crippen LogP contribution < -0.4 is 4.74 Å². The summed E-state index contributed by atoms with van der Waals surface area (Å²) >= 11 is 0. The van der Waals surface area contributed by atoms with Crippen molar-refractivity contribution in [1.82, 2.24) is 9.80 Å². The van der Waals surface area contributed by atoms with E-state index in [4.69, 9.17) is 4.74 Å². The molecule has 0 spiro atoms. The van der Waals surface area contributed by atoms with E-state index in [9.17, 15) is 13.6 Å². The smallest absolute Gasteiger partial charge is 0.223 e. The van der Waals surface area contributed by atoms with E-state index >= 15 is 0 Å². The van der Waals surface area contributed by atoms with E-state index in [0.717, 1.165) is 25.5 Å². The van der Waals surface area contributed by atoms with Crippen molar-refractivity contribution >= 4 is 5.91 Å². The van der Waals surface area contributed by atoms with Gasteiger partial charge in [-0.2, -0.15) is 0 Å². The van der Waals surface area contributed by atoms with Gasteiger partial charge < -0.3 is 14.5 Å². The first kappa shape index (κ1) is 18.1.